The maximum Gasteiger partial charge on any atom is 0.0657 e. The molecule has 0 saturated carbocycles. The lowest BCUT2D eigenvalue weighted by Gasteiger charge is -2.11. The molecular weight excluding hydrogens is 210 g/mol. The summed E-state index contributed by atoms with van der Waals surface area (Å²) in [5.74, 6) is 0. The molecule has 0 aliphatic carbocycles. The average Bonchev–Trinajstić information content (AvgIpc) is 2.66. The predicted molar refractivity (Wildman–Crippen MR) is 73.2 cm³/mol. The van der Waals surface area contributed by atoms with E-state index in [0.717, 1.165) is 38.6 Å². The summed E-state index contributed by atoms with van der Waals surface area (Å²) in [4.78, 5) is 0. The summed E-state index contributed by atoms with van der Waals surface area (Å²) in [6.45, 7) is 9.77. The van der Waals surface area contributed by atoms with Crippen LogP contribution in [-0.4, -0.2) is 15.8 Å². The first-order valence-corrected chi connectivity index (χ1v) is 7.00. The van der Waals surface area contributed by atoms with E-state index in [4.69, 9.17) is 10.8 Å². The van der Waals surface area contributed by atoms with Gasteiger partial charge < -0.3 is 5.73 Å². The molecule has 0 saturated heterocycles. The van der Waals surface area contributed by atoms with E-state index in [0.29, 0.717) is 0 Å². The molecule has 98 valence electrons. The summed E-state index contributed by atoms with van der Waals surface area (Å²) in [6.07, 6.45) is 5.21. The van der Waals surface area contributed by atoms with Gasteiger partial charge in [0.1, 0.15) is 0 Å². The van der Waals surface area contributed by atoms with E-state index in [9.17, 15) is 0 Å². The fraction of sp³-hybridized carbons (Fsp3) is 0.786. The average molecular weight is 237 g/mol. The van der Waals surface area contributed by atoms with Crippen molar-refractivity contribution >= 4 is 0 Å². The molecule has 1 atom stereocenters. The zero-order valence-electron chi connectivity index (χ0n) is 11.8. The first-order chi connectivity index (χ1) is 8.17. The summed E-state index contributed by atoms with van der Waals surface area (Å²) >= 11 is 0. The van der Waals surface area contributed by atoms with Crippen LogP contribution < -0.4 is 5.73 Å². The van der Waals surface area contributed by atoms with Gasteiger partial charge in [-0.25, -0.2) is 0 Å². The highest BCUT2D eigenvalue weighted by atomic mass is 15.3. The third-order valence-corrected chi connectivity index (χ3v) is 3.35. The van der Waals surface area contributed by atoms with Gasteiger partial charge in [0.15, 0.2) is 0 Å². The Morgan fingerprint density at radius 3 is 2.35 bits per heavy atom. The summed E-state index contributed by atoms with van der Waals surface area (Å²) in [5, 5.41) is 4.74. The Morgan fingerprint density at radius 1 is 1.18 bits per heavy atom. The van der Waals surface area contributed by atoms with E-state index in [1.165, 1.54) is 17.0 Å². The minimum Gasteiger partial charge on any atom is -0.327 e. The van der Waals surface area contributed by atoms with Crippen LogP contribution in [0.1, 0.15) is 57.5 Å². The van der Waals surface area contributed by atoms with E-state index in [1.54, 1.807) is 0 Å². The molecule has 0 amide bonds. The van der Waals surface area contributed by atoms with E-state index < -0.39 is 0 Å². The first kappa shape index (κ1) is 14.2. The lowest BCUT2D eigenvalue weighted by molar-refractivity contribution is 0.568. The summed E-state index contributed by atoms with van der Waals surface area (Å²) in [7, 11) is 0. The van der Waals surface area contributed by atoms with Gasteiger partial charge in [-0.15, -0.1) is 0 Å². The van der Waals surface area contributed by atoms with Crippen molar-refractivity contribution in [2.24, 2.45) is 5.73 Å². The molecule has 0 radical (unpaired) electrons. The lowest BCUT2D eigenvalue weighted by Crippen LogP contribution is -2.22. The molecule has 0 aliphatic rings. The van der Waals surface area contributed by atoms with E-state index in [-0.39, 0.29) is 6.04 Å². The Hall–Kier alpha value is -0.830. The van der Waals surface area contributed by atoms with Crippen molar-refractivity contribution in [1.29, 1.82) is 0 Å². The normalized spacial score (nSPS) is 13.0. The van der Waals surface area contributed by atoms with Crippen LogP contribution in [0.25, 0.3) is 0 Å². The highest BCUT2D eigenvalue weighted by Crippen LogP contribution is 2.19. The van der Waals surface area contributed by atoms with Crippen molar-refractivity contribution < 1.29 is 0 Å². The fourth-order valence-electron chi connectivity index (χ4n) is 2.31. The van der Waals surface area contributed by atoms with Gasteiger partial charge in [0, 0.05) is 18.3 Å². The van der Waals surface area contributed by atoms with Crippen LogP contribution in [0.5, 0.6) is 0 Å². The summed E-state index contributed by atoms with van der Waals surface area (Å²) in [6, 6.07) is 0.268. The molecule has 1 unspecified atom stereocenters. The molecule has 0 aromatic carbocycles. The highest BCUT2D eigenvalue weighted by Gasteiger charge is 2.16. The van der Waals surface area contributed by atoms with E-state index >= 15 is 0 Å². The van der Waals surface area contributed by atoms with Crippen LogP contribution in [0.15, 0.2) is 0 Å². The SMILES string of the molecule is CCCn1nc(CC)c(CC(N)CC)c1CC. The number of nitrogens with two attached hydrogens (primary N) is 1. The maximum atomic E-state index is 6.10. The largest absolute Gasteiger partial charge is 0.327 e. The second-order valence-electron chi connectivity index (χ2n) is 4.67. The van der Waals surface area contributed by atoms with Gasteiger partial charge in [-0.2, -0.15) is 5.10 Å². The molecule has 1 heterocycles. The number of nitrogens with zero attached hydrogens (tertiary/aromatic N) is 2. The zero-order chi connectivity index (χ0) is 12.8. The van der Waals surface area contributed by atoms with Gasteiger partial charge in [0.05, 0.1) is 5.69 Å². The fourth-order valence-corrected chi connectivity index (χ4v) is 2.31. The van der Waals surface area contributed by atoms with Crippen LogP contribution >= 0.6 is 0 Å². The molecule has 2 N–H and O–H groups in total. The molecule has 0 fully saturated rings. The summed E-state index contributed by atoms with van der Waals surface area (Å²) in [5.41, 5.74) is 10.2. The number of rotatable bonds is 7. The van der Waals surface area contributed by atoms with Gasteiger partial charge in [0.2, 0.25) is 0 Å². The smallest absolute Gasteiger partial charge is 0.0657 e. The molecule has 3 nitrogen and oxygen atoms in total. The molecule has 1 aromatic rings. The number of aryl methyl sites for hydroxylation is 2. The monoisotopic (exact) mass is 237 g/mol. The second kappa shape index (κ2) is 6.80. The van der Waals surface area contributed by atoms with Crippen molar-refractivity contribution in [3.63, 3.8) is 0 Å². The number of hydrogen-bond acceptors (Lipinski definition) is 2. The summed E-state index contributed by atoms with van der Waals surface area (Å²) < 4.78 is 2.19. The van der Waals surface area contributed by atoms with Crippen molar-refractivity contribution in [3.05, 3.63) is 17.0 Å². The predicted octanol–water partition coefficient (Wildman–Crippen LogP) is 2.70. The molecule has 1 aromatic heterocycles. The maximum absolute atomic E-state index is 6.10. The van der Waals surface area contributed by atoms with Gasteiger partial charge in [-0.3, -0.25) is 4.68 Å². The second-order valence-corrected chi connectivity index (χ2v) is 4.67. The molecule has 1 rings (SSSR count). The minimum absolute atomic E-state index is 0.268. The van der Waals surface area contributed by atoms with Crippen molar-refractivity contribution in [1.82, 2.24) is 9.78 Å². The standard InChI is InChI=1S/C14H27N3/c1-5-9-17-14(8-4)12(10-11(15)6-2)13(7-3)16-17/h11H,5-10,15H2,1-4H3. The van der Waals surface area contributed by atoms with Crippen LogP contribution in [0.3, 0.4) is 0 Å². The number of aromatic nitrogens is 2. The Labute approximate surface area is 105 Å². The van der Waals surface area contributed by atoms with Crippen LogP contribution in [-0.2, 0) is 25.8 Å². The molecule has 17 heavy (non-hydrogen) atoms. The van der Waals surface area contributed by atoms with Gasteiger partial charge in [-0.1, -0.05) is 27.7 Å². The van der Waals surface area contributed by atoms with Crippen molar-refractivity contribution in [3.8, 4) is 0 Å². The first-order valence-electron chi connectivity index (χ1n) is 7.00. The lowest BCUT2D eigenvalue weighted by atomic mass is 10.00. The van der Waals surface area contributed by atoms with Crippen LogP contribution in [0.2, 0.25) is 0 Å². The minimum atomic E-state index is 0.268. The Kier molecular flexibility index (Phi) is 5.69. The van der Waals surface area contributed by atoms with E-state index in [2.05, 4.69) is 32.4 Å². The van der Waals surface area contributed by atoms with Gasteiger partial charge in [0.25, 0.3) is 0 Å². The number of hydrogen-bond donors (Lipinski definition) is 1. The highest BCUT2D eigenvalue weighted by molar-refractivity contribution is 5.28. The van der Waals surface area contributed by atoms with Crippen molar-refractivity contribution in [2.45, 2.75) is 72.4 Å². The Bertz CT molecular complexity index is 341. The molecule has 3 heteroatoms. The third-order valence-electron chi connectivity index (χ3n) is 3.35. The Morgan fingerprint density at radius 2 is 1.88 bits per heavy atom. The third kappa shape index (κ3) is 3.32. The molecule has 0 spiro atoms. The van der Waals surface area contributed by atoms with Crippen LogP contribution in [0, 0.1) is 0 Å². The topological polar surface area (TPSA) is 43.8 Å². The zero-order valence-corrected chi connectivity index (χ0v) is 11.8. The van der Waals surface area contributed by atoms with Gasteiger partial charge >= 0.3 is 0 Å². The van der Waals surface area contributed by atoms with E-state index in [1.807, 2.05) is 0 Å². The van der Waals surface area contributed by atoms with Crippen molar-refractivity contribution in [2.75, 3.05) is 0 Å². The molecule has 0 aliphatic heterocycles. The molecular formula is C14H27N3. The van der Waals surface area contributed by atoms with Crippen LogP contribution in [0.4, 0.5) is 0 Å². The molecule has 0 bridgehead atoms. The quantitative estimate of drug-likeness (QED) is 0.792. The van der Waals surface area contributed by atoms with Gasteiger partial charge in [-0.05, 0) is 37.7 Å². The Balaban J connectivity index is 3.05.